The van der Waals surface area contributed by atoms with Crippen molar-refractivity contribution in [2.75, 3.05) is 20.6 Å². The molecule has 0 spiro atoms. The maximum absolute atomic E-state index is 9.19. The molecule has 3 N–H and O–H groups in total. The lowest BCUT2D eigenvalue weighted by Crippen LogP contribution is -2.39. The van der Waals surface area contributed by atoms with Crippen molar-refractivity contribution in [3.63, 3.8) is 0 Å². The number of hydrogen-bond acceptors (Lipinski definition) is 3. The lowest BCUT2D eigenvalue weighted by molar-refractivity contribution is 0.285. The lowest BCUT2D eigenvalue weighted by Gasteiger charge is -2.28. The normalized spacial score (nSPS) is 15.1. The van der Waals surface area contributed by atoms with Gasteiger partial charge in [0, 0.05) is 22.8 Å². The van der Waals surface area contributed by atoms with Crippen LogP contribution in [0.3, 0.4) is 0 Å². The zero-order valence-electron chi connectivity index (χ0n) is 9.85. The lowest BCUT2D eigenvalue weighted by atomic mass is 10.0. The monoisotopic (exact) mass is 235 g/mol. The molecule has 0 aliphatic heterocycles. The summed E-state index contributed by atoms with van der Waals surface area (Å²) in [4.78, 5) is 2.12. The number of nitrogens with two attached hydrogens (primary N) is 1. The van der Waals surface area contributed by atoms with Gasteiger partial charge >= 0.3 is 0 Å². The summed E-state index contributed by atoms with van der Waals surface area (Å²) < 4.78 is 0. The molecule has 0 bridgehead atoms. The van der Waals surface area contributed by atoms with Crippen LogP contribution < -0.4 is 5.73 Å². The molecule has 1 rings (SSSR count). The fourth-order valence-electron chi connectivity index (χ4n) is 1.76. The number of rotatable bonds is 5. The number of nitrogens with zero attached hydrogens (tertiary/aromatic N) is 1. The molecule has 3 nitrogen and oxygen atoms in total. The van der Waals surface area contributed by atoms with Crippen LogP contribution in [0.2, 0.25) is 5.54 Å². The van der Waals surface area contributed by atoms with E-state index in [0.717, 1.165) is 6.42 Å². The van der Waals surface area contributed by atoms with Gasteiger partial charge in [-0.3, -0.25) is 0 Å². The molecule has 0 aliphatic rings. The third kappa shape index (κ3) is 3.63. The van der Waals surface area contributed by atoms with Gasteiger partial charge in [0.1, 0.15) is 5.75 Å². The molecule has 0 saturated carbocycles. The third-order valence-electron chi connectivity index (χ3n) is 2.76. The minimum absolute atomic E-state index is 0.303. The number of phenols is 1. The van der Waals surface area contributed by atoms with E-state index in [-0.39, 0.29) is 0 Å². The second-order valence-corrected chi connectivity index (χ2v) is 4.99. The Kier molecular flexibility index (Phi) is 4.98. The summed E-state index contributed by atoms with van der Waals surface area (Å²) >= 11 is 0. The highest BCUT2D eigenvalue weighted by Crippen LogP contribution is 2.19. The molecule has 1 aromatic carbocycles. The summed E-state index contributed by atoms with van der Waals surface area (Å²) in [5.41, 5.74) is 7.24. The first-order chi connectivity index (χ1) is 7.54. The number of phenolic OH excluding ortho intramolecular Hbond substituents is 1. The highest BCUT2D eigenvalue weighted by Gasteiger charge is 2.18. The van der Waals surface area contributed by atoms with Crippen molar-refractivity contribution in [1.82, 2.24) is 4.90 Å². The molecule has 4 heteroatoms. The van der Waals surface area contributed by atoms with Crippen LogP contribution in [0, 0.1) is 0 Å². The molecule has 0 fully saturated rings. The molecule has 0 aromatic heterocycles. The van der Waals surface area contributed by atoms with Crippen LogP contribution in [0.4, 0.5) is 0 Å². The van der Waals surface area contributed by atoms with Gasteiger partial charge in [0.15, 0.2) is 0 Å². The Balaban J connectivity index is 2.62. The Morgan fingerprint density at radius 2 is 1.88 bits per heavy atom. The predicted octanol–water partition coefficient (Wildman–Crippen LogP) is 0.781. The third-order valence-corrected chi connectivity index (χ3v) is 3.35. The number of benzene rings is 1. The first kappa shape index (κ1) is 13.2. The summed E-state index contributed by atoms with van der Waals surface area (Å²) in [7, 11) is 7.79. The van der Waals surface area contributed by atoms with Gasteiger partial charge in [0.25, 0.3) is 0 Å². The number of aromatic hydroxyl groups is 1. The molecule has 2 atom stereocenters. The number of hydrogen-bond donors (Lipinski definition) is 2. The second kappa shape index (κ2) is 6.03. The first-order valence-corrected chi connectivity index (χ1v) is 5.98. The summed E-state index contributed by atoms with van der Waals surface area (Å²) in [5, 5.41) is 9.19. The van der Waals surface area contributed by atoms with E-state index in [1.165, 1.54) is 5.56 Å². The van der Waals surface area contributed by atoms with Crippen molar-refractivity contribution < 1.29 is 5.11 Å². The smallest absolute Gasteiger partial charge is 0.115 e. The van der Waals surface area contributed by atoms with Crippen molar-refractivity contribution in [3.05, 3.63) is 29.8 Å². The SMILES string of the molecule is CN(C)[C@H](CN)[C@H]([Si])Cc1ccc(O)cc1. The zero-order chi connectivity index (χ0) is 12.1. The van der Waals surface area contributed by atoms with Crippen molar-refractivity contribution in [1.29, 1.82) is 0 Å². The fourth-order valence-corrected chi connectivity index (χ4v) is 2.43. The van der Waals surface area contributed by atoms with Gasteiger partial charge in [0.2, 0.25) is 0 Å². The molecule has 0 unspecified atom stereocenters. The minimum atomic E-state index is 0.303. The van der Waals surface area contributed by atoms with Crippen LogP contribution >= 0.6 is 0 Å². The van der Waals surface area contributed by atoms with E-state index in [9.17, 15) is 5.11 Å². The van der Waals surface area contributed by atoms with E-state index in [1.54, 1.807) is 12.1 Å². The van der Waals surface area contributed by atoms with Crippen molar-refractivity contribution in [2.24, 2.45) is 5.73 Å². The Morgan fingerprint density at radius 3 is 2.31 bits per heavy atom. The number of likely N-dealkylation sites (N-methyl/N-ethyl adjacent to an activating group) is 1. The van der Waals surface area contributed by atoms with E-state index in [2.05, 4.69) is 15.1 Å². The maximum atomic E-state index is 9.19. The van der Waals surface area contributed by atoms with Crippen LogP contribution in [0.1, 0.15) is 5.56 Å². The van der Waals surface area contributed by atoms with Crippen molar-refractivity contribution in [2.45, 2.75) is 18.0 Å². The van der Waals surface area contributed by atoms with Crippen LogP contribution in [0.15, 0.2) is 24.3 Å². The van der Waals surface area contributed by atoms with E-state index < -0.39 is 0 Å². The maximum Gasteiger partial charge on any atom is 0.115 e. The Morgan fingerprint density at radius 1 is 1.31 bits per heavy atom. The fraction of sp³-hybridized carbons (Fsp3) is 0.500. The highest BCUT2D eigenvalue weighted by atomic mass is 28.1. The van der Waals surface area contributed by atoms with Gasteiger partial charge in [-0.25, -0.2) is 0 Å². The molecule has 87 valence electrons. The van der Waals surface area contributed by atoms with E-state index in [1.807, 2.05) is 26.2 Å². The molecule has 0 aliphatic carbocycles. The van der Waals surface area contributed by atoms with E-state index in [0.29, 0.717) is 23.9 Å². The molecule has 1 aromatic rings. The van der Waals surface area contributed by atoms with Gasteiger partial charge < -0.3 is 15.7 Å². The van der Waals surface area contributed by atoms with E-state index in [4.69, 9.17) is 5.73 Å². The molecule has 0 heterocycles. The predicted molar refractivity (Wildman–Crippen MR) is 67.8 cm³/mol. The van der Waals surface area contributed by atoms with Crippen LogP contribution in [0.5, 0.6) is 5.75 Å². The van der Waals surface area contributed by atoms with Gasteiger partial charge in [-0.2, -0.15) is 0 Å². The highest BCUT2D eigenvalue weighted by molar-refractivity contribution is 6.12. The topological polar surface area (TPSA) is 49.5 Å². The van der Waals surface area contributed by atoms with Crippen LogP contribution in [0.25, 0.3) is 0 Å². The second-order valence-electron chi connectivity index (χ2n) is 4.24. The summed E-state index contributed by atoms with van der Waals surface area (Å²) in [6, 6.07) is 7.60. The van der Waals surface area contributed by atoms with Crippen LogP contribution in [-0.2, 0) is 6.42 Å². The Bertz CT molecular complexity index is 313. The summed E-state index contributed by atoms with van der Waals surface area (Å²) in [5.74, 6) is 0.303. The quantitative estimate of drug-likeness (QED) is 0.742. The zero-order valence-corrected chi connectivity index (χ0v) is 10.9. The van der Waals surface area contributed by atoms with Crippen molar-refractivity contribution in [3.8, 4) is 5.75 Å². The van der Waals surface area contributed by atoms with Gasteiger partial charge in [-0.15, -0.1) is 0 Å². The van der Waals surface area contributed by atoms with Crippen molar-refractivity contribution >= 4 is 10.2 Å². The van der Waals surface area contributed by atoms with Gasteiger partial charge in [-0.1, -0.05) is 12.1 Å². The Labute approximate surface area is 101 Å². The Hall–Kier alpha value is -0.843. The molecule has 3 radical (unpaired) electrons. The van der Waals surface area contributed by atoms with E-state index >= 15 is 0 Å². The van der Waals surface area contributed by atoms with Gasteiger partial charge in [-0.05, 0) is 43.8 Å². The molecule has 0 amide bonds. The molecule has 0 saturated heterocycles. The average Bonchev–Trinajstić information content (AvgIpc) is 2.22. The standard InChI is InChI=1S/C12H19N2OSi/c1-14(2)11(8-13)12(16)7-9-3-5-10(15)6-4-9/h3-6,11-12,15H,7-8,13H2,1-2H3/t11-,12-/m1/s1. The first-order valence-electron chi connectivity index (χ1n) is 5.40. The summed E-state index contributed by atoms with van der Waals surface area (Å²) in [6.45, 7) is 0.624. The largest absolute Gasteiger partial charge is 0.508 e. The summed E-state index contributed by atoms with van der Waals surface area (Å²) in [6.07, 6.45) is 0.900. The van der Waals surface area contributed by atoms with Crippen LogP contribution in [-0.4, -0.2) is 46.9 Å². The van der Waals surface area contributed by atoms with Gasteiger partial charge in [0.05, 0.1) is 0 Å². The molecule has 16 heavy (non-hydrogen) atoms. The average molecular weight is 235 g/mol. The molecular formula is C12H19N2OSi. The minimum Gasteiger partial charge on any atom is -0.508 e. The molecular weight excluding hydrogens is 216 g/mol.